The zero-order valence-electron chi connectivity index (χ0n) is 15.2. The normalized spacial score (nSPS) is 21.7. The van der Waals surface area contributed by atoms with E-state index >= 15 is 0 Å². The maximum Gasteiger partial charge on any atom is 0.315 e. The summed E-state index contributed by atoms with van der Waals surface area (Å²) in [6.07, 6.45) is 2.55. The minimum atomic E-state index is -0.221. The number of halogens is 1. The van der Waals surface area contributed by atoms with Gasteiger partial charge < -0.3 is 20.3 Å². The highest BCUT2D eigenvalue weighted by atomic mass is 19.1. The van der Waals surface area contributed by atoms with Crippen molar-refractivity contribution in [2.45, 2.75) is 31.3 Å². The van der Waals surface area contributed by atoms with Crippen LogP contribution < -0.4 is 20.3 Å². The first kappa shape index (κ1) is 17.6. The summed E-state index contributed by atoms with van der Waals surface area (Å²) in [4.78, 5) is 14.6. The Hall–Kier alpha value is -2.76. The highest BCUT2D eigenvalue weighted by Gasteiger charge is 2.26. The maximum absolute atomic E-state index is 14.1. The number of anilines is 1. The number of carbonyl (C=O) groups excluding carboxylic acids is 1. The molecule has 2 aromatic carbocycles. The smallest absolute Gasteiger partial charge is 0.315 e. The molecule has 2 amide bonds. The number of amides is 2. The fourth-order valence-electron chi connectivity index (χ4n) is 3.90. The van der Waals surface area contributed by atoms with Crippen LogP contribution in [0.4, 0.5) is 14.9 Å². The maximum atomic E-state index is 14.1. The second kappa shape index (κ2) is 7.86. The van der Waals surface area contributed by atoms with E-state index in [0.29, 0.717) is 18.8 Å². The zero-order valence-corrected chi connectivity index (χ0v) is 15.2. The molecule has 1 fully saturated rings. The molecule has 1 saturated heterocycles. The molecular weight excluding hydrogens is 345 g/mol. The number of urea groups is 1. The van der Waals surface area contributed by atoms with Gasteiger partial charge in [0, 0.05) is 31.1 Å². The van der Waals surface area contributed by atoms with Crippen molar-refractivity contribution in [3.63, 3.8) is 0 Å². The first-order valence-electron chi connectivity index (χ1n) is 9.49. The Balaban J connectivity index is 1.37. The van der Waals surface area contributed by atoms with Crippen LogP contribution in [0.15, 0.2) is 48.5 Å². The molecule has 0 saturated carbocycles. The Kier molecular flexibility index (Phi) is 5.14. The second-order valence-electron chi connectivity index (χ2n) is 7.08. The predicted molar refractivity (Wildman–Crippen MR) is 103 cm³/mol. The second-order valence-corrected chi connectivity index (χ2v) is 7.08. The van der Waals surface area contributed by atoms with Gasteiger partial charge in [0.15, 0.2) is 0 Å². The lowest BCUT2D eigenvalue weighted by molar-refractivity contribution is 0.219. The number of ether oxygens (including phenoxy) is 1. The highest BCUT2D eigenvalue weighted by Crippen LogP contribution is 2.31. The van der Waals surface area contributed by atoms with Crippen LogP contribution in [-0.2, 0) is 0 Å². The van der Waals surface area contributed by atoms with E-state index in [1.54, 1.807) is 12.1 Å². The number of fused-ring (bicyclic) bond motifs is 1. The number of rotatable bonds is 3. The van der Waals surface area contributed by atoms with Crippen molar-refractivity contribution < 1.29 is 13.9 Å². The first-order chi connectivity index (χ1) is 13.2. The molecule has 2 heterocycles. The van der Waals surface area contributed by atoms with Crippen LogP contribution >= 0.6 is 0 Å². The van der Waals surface area contributed by atoms with Crippen molar-refractivity contribution in [3.05, 3.63) is 59.9 Å². The van der Waals surface area contributed by atoms with Crippen LogP contribution in [0.2, 0.25) is 0 Å². The monoisotopic (exact) mass is 369 g/mol. The van der Waals surface area contributed by atoms with Crippen molar-refractivity contribution in [1.29, 1.82) is 0 Å². The third kappa shape index (κ3) is 3.99. The Morgan fingerprint density at radius 2 is 1.89 bits per heavy atom. The Bertz CT molecular complexity index is 814. The van der Waals surface area contributed by atoms with Crippen molar-refractivity contribution in [1.82, 2.24) is 10.6 Å². The van der Waals surface area contributed by atoms with Gasteiger partial charge in [0.1, 0.15) is 11.6 Å². The largest absolute Gasteiger partial charge is 0.493 e. The number of piperidine rings is 1. The highest BCUT2D eigenvalue weighted by molar-refractivity contribution is 5.75. The van der Waals surface area contributed by atoms with Crippen LogP contribution in [-0.4, -0.2) is 31.8 Å². The van der Waals surface area contributed by atoms with Crippen LogP contribution in [0.25, 0.3) is 0 Å². The first-order valence-corrected chi connectivity index (χ1v) is 9.49. The molecule has 0 aromatic heterocycles. The van der Waals surface area contributed by atoms with Gasteiger partial charge in [0.25, 0.3) is 0 Å². The molecule has 142 valence electrons. The molecular formula is C21H24FN3O2. The van der Waals surface area contributed by atoms with Crippen molar-refractivity contribution in [2.24, 2.45) is 0 Å². The Morgan fingerprint density at radius 3 is 2.78 bits per heavy atom. The zero-order chi connectivity index (χ0) is 18.6. The molecule has 2 aliphatic rings. The van der Waals surface area contributed by atoms with Gasteiger partial charge in [-0.15, -0.1) is 0 Å². The minimum Gasteiger partial charge on any atom is -0.493 e. The summed E-state index contributed by atoms with van der Waals surface area (Å²) in [5.74, 6) is 0.610. The Labute approximate surface area is 158 Å². The van der Waals surface area contributed by atoms with Crippen molar-refractivity contribution in [2.75, 3.05) is 24.6 Å². The van der Waals surface area contributed by atoms with Gasteiger partial charge in [-0.05, 0) is 31.0 Å². The van der Waals surface area contributed by atoms with Gasteiger partial charge in [0.05, 0.1) is 18.3 Å². The van der Waals surface area contributed by atoms with E-state index in [4.69, 9.17) is 4.74 Å². The quantitative estimate of drug-likeness (QED) is 0.869. The standard InChI is InChI=1S/C21H24FN3O2/c22-17-8-2-3-9-19(17)25-12-5-6-15(14-25)23-21(26)24-18-11-13-27-20-10-4-1-7-16(18)20/h1-4,7-10,15,18H,5-6,11-14H2,(H2,23,24,26). The summed E-state index contributed by atoms with van der Waals surface area (Å²) in [7, 11) is 0. The van der Waals surface area contributed by atoms with Crippen LogP contribution in [0.3, 0.4) is 0 Å². The van der Waals surface area contributed by atoms with E-state index in [1.165, 1.54) is 6.07 Å². The SMILES string of the molecule is O=C(NC1CCCN(c2ccccc2F)C1)NC1CCOc2ccccc21. The number of hydrogen-bond donors (Lipinski definition) is 2. The van der Waals surface area contributed by atoms with Crippen LogP contribution in [0, 0.1) is 5.82 Å². The van der Waals surface area contributed by atoms with Gasteiger partial charge in [-0.2, -0.15) is 0 Å². The number of para-hydroxylation sites is 2. The third-order valence-electron chi connectivity index (χ3n) is 5.21. The number of hydrogen-bond acceptors (Lipinski definition) is 3. The Morgan fingerprint density at radius 1 is 1.07 bits per heavy atom. The molecule has 2 unspecified atom stereocenters. The summed E-state index contributed by atoms with van der Waals surface area (Å²) < 4.78 is 19.7. The summed E-state index contributed by atoms with van der Waals surface area (Å²) in [5.41, 5.74) is 1.61. The number of benzene rings is 2. The van der Waals surface area contributed by atoms with E-state index in [0.717, 1.165) is 37.1 Å². The van der Waals surface area contributed by atoms with Gasteiger partial charge >= 0.3 is 6.03 Å². The lowest BCUT2D eigenvalue weighted by Crippen LogP contribution is -2.51. The molecule has 6 heteroatoms. The lowest BCUT2D eigenvalue weighted by Gasteiger charge is -2.35. The molecule has 2 aromatic rings. The van der Waals surface area contributed by atoms with Crippen LogP contribution in [0.5, 0.6) is 5.75 Å². The lowest BCUT2D eigenvalue weighted by atomic mass is 10.0. The average molecular weight is 369 g/mol. The summed E-state index contributed by atoms with van der Waals surface area (Å²) in [6.45, 7) is 2.00. The molecule has 5 nitrogen and oxygen atoms in total. The summed E-state index contributed by atoms with van der Waals surface area (Å²) in [6, 6.07) is 14.3. The minimum absolute atomic E-state index is 0.00607. The van der Waals surface area contributed by atoms with E-state index in [1.807, 2.05) is 35.2 Å². The van der Waals surface area contributed by atoms with E-state index in [9.17, 15) is 9.18 Å². The molecule has 4 rings (SSSR count). The molecule has 2 N–H and O–H groups in total. The molecule has 0 spiro atoms. The van der Waals surface area contributed by atoms with Gasteiger partial charge in [-0.1, -0.05) is 30.3 Å². The van der Waals surface area contributed by atoms with E-state index < -0.39 is 0 Å². The molecule has 0 radical (unpaired) electrons. The van der Waals surface area contributed by atoms with E-state index in [2.05, 4.69) is 10.6 Å². The van der Waals surface area contributed by atoms with Gasteiger partial charge in [-0.3, -0.25) is 0 Å². The van der Waals surface area contributed by atoms with Crippen molar-refractivity contribution >= 4 is 11.7 Å². The van der Waals surface area contributed by atoms with Crippen molar-refractivity contribution in [3.8, 4) is 5.75 Å². The molecule has 2 atom stereocenters. The van der Waals surface area contributed by atoms with Gasteiger partial charge in [-0.25, -0.2) is 9.18 Å². The third-order valence-corrected chi connectivity index (χ3v) is 5.21. The molecule has 0 aliphatic carbocycles. The van der Waals surface area contributed by atoms with E-state index in [-0.39, 0.29) is 23.9 Å². The summed E-state index contributed by atoms with van der Waals surface area (Å²) >= 11 is 0. The summed E-state index contributed by atoms with van der Waals surface area (Å²) in [5, 5.41) is 6.13. The molecule has 27 heavy (non-hydrogen) atoms. The average Bonchev–Trinajstić information content (AvgIpc) is 2.69. The topological polar surface area (TPSA) is 53.6 Å². The fraction of sp³-hybridized carbons (Fsp3) is 0.381. The fourth-order valence-corrected chi connectivity index (χ4v) is 3.90. The predicted octanol–water partition coefficient (Wildman–Crippen LogP) is 3.62. The molecule has 2 aliphatic heterocycles. The van der Waals surface area contributed by atoms with Crippen LogP contribution in [0.1, 0.15) is 30.9 Å². The number of nitrogens with one attached hydrogen (secondary N) is 2. The number of nitrogens with zero attached hydrogens (tertiary/aromatic N) is 1. The van der Waals surface area contributed by atoms with Gasteiger partial charge in [0.2, 0.25) is 0 Å². The molecule has 0 bridgehead atoms. The number of carbonyl (C=O) groups is 1.